The molecule has 1 aromatic rings. The van der Waals surface area contributed by atoms with Crippen molar-refractivity contribution in [1.29, 1.82) is 0 Å². The van der Waals surface area contributed by atoms with E-state index < -0.39 is 0 Å². The summed E-state index contributed by atoms with van der Waals surface area (Å²) >= 11 is 0. The van der Waals surface area contributed by atoms with Gasteiger partial charge in [-0.25, -0.2) is 0 Å². The smallest absolute Gasteiger partial charge is 0.165 e. The monoisotopic (exact) mass is 220 g/mol. The predicted octanol–water partition coefficient (Wildman–Crippen LogP) is 2.42. The highest BCUT2D eigenvalue weighted by Gasteiger charge is 2.18. The van der Waals surface area contributed by atoms with Crippen LogP contribution < -0.4 is 5.73 Å². The SMILES string of the molecule is CC(C)(C)CC(N)CC(=O)c1cccnc1. The van der Waals surface area contributed by atoms with Gasteiger partial charge in [0.15, 0.2) is 5.78 Å². The Morgan fingerprint density at radius 3 is 2.69 bits per heavy atom. The Hall–Kier alpha value is -1.22. The van der Waals surface area contributed by atoms with Gasteiger partial charge in [0.05, 0.1) is 0 Å². The Morgan fingerprint density at radius 1 is 1.50 bits per heavy atom. The zero-order chi connectivity index (χ0) is 12.2. The summed E-state index contributed by atoms with van der Waals surface area (Å²) in [6.45, 7) is 6.38. The number of rotatable bonds is 4. The van der Waals surface area contributed by atoms with Crippen LogP contribution in [-0.4, -0.2) is 16.8 Å². The third-order valence-electron chi connectivity index (χ3n) is 2.31. The summed E-state index contributed by atoms with van der Waals surface area (Å²) < 4.78 is 0. The van der Waals surface area contributed by atoms with Gasteiger partial charge in [0, 0.05) is 30.4 Å². The minimum Gasteiger partial charge on any atom is -0.327 e. The van der Waals surface area contributed by atoms with E-state index in [1.165, 1.54) is 0 Å². The van der Waals surface area contributed by atoms with Crippen LogP contribution in [0.5, 0.6) is 0 Å². The second-order valence-electron chi connectivity index (χ2n) is 5.39. The molecule has 0 aliphatic carbocycles. The quantitative estimate of drug-likeness (QED) is 0.793. The topological polar surface area (TPSA) is 56.0 Å². The van der Waals surface area contributed by atoms with Crippen LogP contribution in [0.25, 0.3) is 0 Å². The van der Waals surface area contributed by atoms with E-state index in [0.717, 1.165) is 6.42 Å². The van der Waals surface area contributed by atoms with Gasteiger partial charge < -0.3 is 5.73 Å². The van der Waals surface area contributed by atoms with Crippen LogP contribution in [0.3, 0.4) is 0 Å². The summed E-state index contributed by atoms with van der Waals surface area (Å²) in [5.41, 5.74) is 6.76. The summed E-state index contributed by atoms with van der Waals surface area (Å²) in [6.07, 6.45) is 4.49. The second-order valence-corrected chi connectivity index (χ2v) is 5.39. The minimum absolute atomic E-state index is 0.0739. The number of carbonyl (C=O) groups excluding carboxylic acids is 1. The fourth-order valence-electron chi connectivity index (χ4n) is 1.74. The highest BCUT2D eigenvalue weighted by atomic mass is 16.1. The maximum atomic E-state index is 11.8. The van der Waals surface area contributed by atoms with Crippen molar-refractivity contribution in [1.82, 2.24) is 4.98 Å². The lowest BCUT2D eigenvalue weighted by Crippen LogP contribution is -2.29. The molecule has 88 valence electrons. The number of carbonyl (C=O) groups is 1. The average molecular weight is 220 g/mol. The van der Waals surface area contributed by atoms with Gasteiger partial charge in [-0.15, -0.1) is 0 Å². The molecule has 1 heterocycles. The standard InChI is InChI=1S/C13H20N2O/c1-13(2,3)8-11(14)7-12(16)10-5-4-6-15-9-10/h4-6,9,11H,7-8,14H2,1-3H3. The molecule has 0 radical (unpaired) electrons. The molecule has 0 saturated carbocycles. The van der Waals surface area contributed by atoms with Crippen LogP contribution in [0.15, 0.2) is 24.5 Å². The number of pyridine rings is 1. The third-order valence-corrected chi connectivity index (χ3v) is 2.31. The first-order valence-corrected chi connectivity index (χ1v) is 5.57. The molecule has 0 aliphatic rings. The third kappa shape index (κ3) is 4.53. The predicted molar refractivity (Wildman–Crippen MR) is 65.2 cm³/mol. The number of nitrogens with two attached hydrogens (primary N) is 1. The molecule has 0 aromatic carbocycles. The second kappa shape index (κ2) is 5.21. The van der Waals surface area contributed by atoms with Crippen LogP contribution in [0.4, 0.5) is 0 Å². The zero-order valence-corrected chi connectivity index (χ0v) is 10.2. The van der Waals surface area contributed by atoms with Gasteiger partial charge in [-0.3, -0.25) is 9.78 Å². The van der Waals surface area contributed by atoms with E-state index in [4.69, 9.17) is 5.73 Å². The first-order valence-electron chi connectivity index (χ1n) is 5.57. The van der Waals surface area contributed by atoms with Crippen LogP contribution >= 0.6 is 0 Å². The summed E-state index contributed by atoms with van der Waals surface area (Å²) in [7, 11) is 0. The van der Waals surface area contributed by atoms with E-state index >= 15 is 0 Å². The average Bonchev–Trinajstić information content (AvgIpc) is 2.16. The number of hydrogen-bond acceptors (Lipinski definition) is 3. The highest BCUT2D eigenvalue weighted by Crippen LogP contribution is 2.21. The molecule has 1 unspecified atom stereocenters. The molecule has 16 heavy (non-hydrogen) atoms. The normalized spacial score (nSPS) is 13.5. The van der Waals surface area contributed by atoms with Crippen LogP contribution in [0.1, 0.15) is 44.0 Å². The molecule has 0 spiro atoms. The Labute approximate surface area is 97.1 Å². The molecule has 3 nitrogen and oxygen atoms in total. The van der Waals surface area contributed by atoms with Crippen LogP contribution in [0, 0.1) is 5.41 Å². The number of Topliss-reactive ketones (excluding diaryl/α,β-unsaturated/α-hetero) is 1. The van der Waals surface area contributed by atoms with Crippen molar-refractivity contribution in [2.24, 2.45) is 11.1 Å². The molecule has 0 amide bonds. The molecule has 0 aliphatic heterocycles. The Bertz CT molecular complexity index is 341. The molecular weight excluding hydrogens is 200 g/mol. The first-order chi connectivity index (χ1) is 7.38. The fourth-order valence-corrected chi connectivity index (χ4v) is 1.74. The van der Waals surface area contributed by atoms with Gasteiger partial charge >= 0.3 is 0 Å². The van der Waals surface area contributed by atoms with Gasteiger partial charge in [-0.05, 0) is 24.0 Å². The molecule has 1 rings (SSSR count). The van der Waals surface area contributed by atoms with E-state index in [9.17, 15) is 4.79 Å². The lowest BCUT2D eigenvalue weighted by atomic mass is 9.86. The number of aromatic nitrogens is 1. The molecule has 0 fully saturated rings. The van der Waals surface area contributed by atoms with Crippen molar-refractivity contribution in [2.75, 3.05) is 0 Å². The van der Waals surface area contributed by atoms with E-state index in [1.807, 2.05) is 0 Å². The van der Waals surface area contributed by atoms with Crippen molar-refractivity contribution >= 4 is 5.78 Å². The maximum absolute atomic E-state index is 11.8. The van der Waals surface area contributed by atoms with Gasteiger partial charge in [-0.2, -0.15) is 0 Å². The lowest BCUT2D eigenvalue weighted by Gasteiger charge is -2.22. The number of hydrogen-bond donors (Lipinski definition) is 1. The Balaban J connectivity index is 2.53. The van der Waals surface area contributed by atoms with Crippen molar-refractivity contribution in [3.05, 3.63) is 30.1 Å². The summed E-state index contributed by atoms with van der Waals surface area (Å²) in [4.78, 5) is 15.7. The van der Waals surface area contributed by atoms with E-state index in [2.05, 4.69) is 25.8 Å². The van der Waals surface area contributed by atoms with Crippen molar-refractivity contribution < 1.29 is 4.79 Å². The largest absolute Gasteiger partial charge is 0.327 e. The van der Waals surface area contributed by atoms with Crippen molar-refractivity contribution in [3.63, 3.8) is 0 Å². The summed E-state index contributed by atoms with van der Waals surface area (Å²) in [5.74, 6) is 0.0739. The van der Waals surface area contributed by atoms with E-state index in [-0.39, 0.29) is 17.2 Å². The molecule has 1 aromatic heterocycles. The maximum Gasteiger partial charge on any atom is 0.165 e. The van der Waals surface area contributed by atoms with E-state index in [0.29, 0.717) is 12.0 Å². The Kier molecular flexibility index (Phi) is 4.19. The van der Waals surface area contributed by atoms with Crippen molar-refractivity contribution in [3.8, 4) is 0 Å². The van der Waals surface area contributed by atoms with E-state index in [1.54, 1.807) is 24.5 Å². The fraction of sp³-hybridized carbons (Fsp3) is 0.538. The molecule has 0 saturated heterocycles. The highest BCUT2D eigenvalue weighted by molar-refractivity contribution is 5.96. The number of ketones is 1. The van der Waals surface area contributed by atoms with Gasteiger partial charge in [0.2, 0.25) is 0 Å². The van der Waals surface area contributed by atoms with Gasteiger partial charge in [0.1, 0.15) is 0 Å². The molecule has 0 bridgehead atoms. The summed E-state index contributed by atoms with van der Waals surface area (Å²) in [6, 6.07) is 3.47. The van der Waals surface area contributed by atoms with Crippen LogP contribution in [0.2, 0.25) is 0 Å². The molecular formula is C13H20N2O. The molecule has 2 N–H and O–H groups in total. The minimum atomic E-state index is -0.0762. The number of nitrogens with zero attached hydrogens (tertiary/aromatic N) is 1. The van der Waals surface area contributed by atoms with Crippen LogP contribution in [-0.2, 0) is 0 Å². The zero-order valence-electron chi connectivity index (χ0n) is 10.2. The summed E-state index contributed by atoms with van der Waals surface area (Å²) in [5, 5.41) is 0. The Morgan fingerprint density at radius 2 is 2.19 bits per heavy atom. The lowest BCUT2D eigenvalue weighted by molar-refractivity contribution is 0.0968. The first kappa shape index (κ1) is 12.8. The van der Waals surface area contributed by atoms with Gasteiger partial charge in [0.25, 0.3) is 0 Å². The van der Waals surface area contributed by atoms with Gasteiger partial charge in [-0.1, -0.05) is 20.8 Å². The van der Waals surface area contributed by atoms with Crippen molar-refractivity contribution in [2.45, 2.75) is 39.7 Å². The molecule has 1 atom stereocenters. The molecule has 3 heteroatoms.